The minimum atomic E-state index is 0. The Morgan fingerprint density at radius 2 is 0.475 bits per heavy atom. The SMILES string of the molecule is C=C(C)C.C=C(C)C.C=CC.C=CC.CC.CC.CC.CC.CC(I)(I)I.CC(I)(I)I.F.F.F.F.OC1CCCCC1.OC1CCCCC1.P.P.POC1CCCCC1.POC1CCCCC1.[W].[W].[W].[W].[W].[W].[W].[W].[W].[W].[W].[W]. The van der Waals surface area contributed by atoms with E-state index in [0.29, 0.717) is 11.1 Å². The van der Waals surface area contributed by atoms with Gasteiger partial charge in [0.25, 0.3) is 0 Å². The van der Waals surface area contributed by atoms with Crippen LogP contribution in [0.15, 0.2) is 49.6 Å². The van der Waals surface area contributed by atoms with Gasteiger partial charge in [0.15, 0.2) is 0 Å². The molecule has 0 heterocycles. The first kappa shape index (κ1) is 186. The Labute approximate surface area is 762 Å². The standard InChI is InChI=1S/2C6H13OP.2C6H12O.2C4H8.2C3H6.2C2H3I3.4C2H6.4FH.2H3P.12W/c2*8-7-6-4-2-1-3-5-6;2*7-6-4-2-1-3-5-6;2*1-4(2)3;2*1-3-2;2*1-2(3,4)5;4*1-2;;;;;;;;;;;;;;;;;;/h2*6H,1-5,8H2;2*6-7H,1-5H2;2*1H2,2-3H3;2*3H,1H2,2H3;2*1H3;4*1-2H3;4*1H;2*1H3;;;;;;;;;;;;. The van der Waals surface area contributed by atoms with E-state index in [1.807, 2.05) is 96.9 Å². The van der Waals surface area contributed by atoms with Gasteiger partial charge in [-0.25, -0.2) is 0 Å². The van der Waals surface area contributed by atoms with Gasteiger partial charge >= 0.3 is 0 Å². The van der Waals surface area contributed by atoms with E-state index in [9.17, 15) is 0 Å². The van der Waals surface area contributed by atoms with Crippen molar-refractivity contribution < 1.29 is 291 Å². The summed E-state index contributed by atoms with van der Waals surface area (Å²) in [5.74, 6) is 0. The van der Waals surface area contributed by atoms with Crippen LogP contribution in [0, 0.1) is 0 Å². The largest absolute Gasteiger partial charge is 0.393 e. The predicted octanol–water partition coefficient (Wildman–Crippen LogP) is 23.2. The van der Waals surface area contributed by atoms with Crippen LogP contribution in [0.25, 0.3) is 0 Å². The van der Waals surface area contributed by atoms with Gasteiger partial charge in [0.05, 0.1) is 24.4 Å². The van der Waals surface area contributed by atoms with Crippen LogP contribution in [-0.4, -0.2) is 33.5 Å². The molecular formula is C50H118F4I6O4P4W12. The van der Waals surface area contributed by atoms with Crippen molar-refractivity contribution in [3.8, 4) is 0 Å². The summed E-state index contributed by atoms with van der Waals surface area (Å²) >= 11 is 14.1. The Balaban J connectivity index is -0.0000000141. The fraction of sp³-hybridized carbons (Fsp3) is 0.840. The van der Waals surface area contributed by atoms with Crippen LogP contribution >= 0.6 is 174 Å². The summed E-state index contributed by atoms with van der Waals surface area (Å²) in [7, 11) is 4.69. The van der Waals surface area contributed by atoms with Gasteiger partial charge in [-0.05, 0) is 107 Å². The van der Waals surface area contributed by atoms with Crippen LogP contribution in [0.5, 0.6) is 0 Å². The van der Waals surface area contributed by atoms with E-state index in [4.69, 9.17) is 19.3 Å². The first-order valence-corrected chi connectivity index (χ1v) is 31.0. The molecule has 504 valence electrons. The average Bonchev–Trinajstić information content (AvgIpc) is 3.22. The number of hydrogen-bond acceptors (Lipinski definition) is 4. The molecule has 4 aliphatic rings. The van der Waals surface area contributed by atoms with E-state index in [0.717, 1.165) is 25.7 Å². The molecule has 0 aromatic heterocycles. The van der Waals surface area contributed by atoms with E-state index >= 15 is 0 Å². The van der Waals surface area contributed by atoms with E-state index in [-0.39, 0.29) is 304 Å². The number of rotatable bonds is 2. The van der Waals surface area contributed by atoms with Crippen molar-refractivity contribution in [2.24, 2.45) is 0 Å². The molecule has 4 fully saturated rings. The summed E-state index contributed by atoms with van der Waals surface area (Å²) in [6.07, 6.45) is 29.8. The molecule has 80 heavy (non-hydrogen) atoms. The van der Waals surface area contributed by atoms with E-state index < -0.39 is 0 Å². The maximum Gasteiger partial charge on any atom is 0.121 e. The van der Waals surface area contributed by atoms with Crippen LogP contribution in [0.1, 0.15) is 239 Å². The van der Waals surface area contributed by atoms with Gasteiger partial charge in [0, 0.05) is 272 Å². The third kappa shape index (κ3) is 307. The van der Waals surface area contributed by atoms with Crippen molar-refractivity contribution in [2.75, 3.05) is 0 Å². The molecule has 0 amide bonds. The molecule has 0 aromatic carbocycles. The number of alkyl halides is 6. The molecule has 0 aliphatic heterocycles. The summed E-state index contributed by atoms with van der Waals surface area (Å²) in [6, 6.07) is 0. The summed E-state index contributed by atoms with van der Waals surface area (Å²) in [6.45, 7) is 45.8. The van der Waals surface area contributed by atoms with E-state index in [1.165, 1.54) is 114 Å². The topological polar surface area (TPSA) is 58.9 Å². The number of aliphatic hydroxyl groups excluding tert-OH is 2. The molecule has 4 aliphatic carbocycles. The molecule has 4 nitrogen and oxygen atoms in total. The number of hydrogen-bond donors (Lipinski definition) is 2. The molecule has 0 spiro atoms. The maximum absolute atomic E-state index is 8.91. The second-order valence-electron chi connectivity index (χ2n) is 14.2. The molecule has 2 N–H and O–H groups in total. The van der Waals surface area contributed by atoms with Crippen molar-refractivity contribution >= 4 is 174 Å². The monoisotopic (exact) mass is 3950 g/mol. The quantitative estimate of drug-likeness (QED) is 0.0951. The first-order valence-electron chi connectivity index (χ1n) is 23.5. The second-order valence-corrected chi connectivity index (χ2v) is 40.0. The molecule has 0 bridgehead atoms. The first-order chi connectivity index (χ1) is 28.9. The summed E-state index contributed by atoms with van der Waals surface area (Å²) < 4.78 is 11.0. The molecule has 0 aromatic rings. The van der Waals surface area contributed by atoms with Crippen molar-refractivity contribution in [3.63, 3.8) is 0 Å². The van der Waals surface area contributed by atoms with Crippen molar-refractivity contribution in [1.29, 1.82) is 0 Å². The fourth-order valence-electron chi connectivity index (χ4n) is 4.56. The van der Waals surface area contributed by atoms with Crippen molar-refractivity contribution in [1.82, 2.24) is 0 Å². The summed E-state index contributed by atoms with van der Waals surface area (Å²) in [5.41, 5.74) is 2.33. The third-order valence-corrected chi connectivity index (χ3v) is 7.41. The molecule has 4 atom stereocenters. The number of halogens is 10. The number of aliphatic hydroxyl groups is 2. The van der Waals surface area contributed by atoms with E-state index in [1.54, 1.807) is 12.2 Å². The van der Waals surface area contributed by atoms with Gasteiger partial charge in [0.2, 0.25) is 0 Å². The molecule has 0 saturated heterocycles. The van der Waals surface area contributed by atoms with Gasteiger partial charge in [-0.15, -0.1) is 26.3 Å². The molecule has 0 radical (unpaired) electrons. The Kier molecular flexibility index (Phi) is 395. The van der Waals surface area contributed by atoms with Gasteiger partial charge in [0.1, 0.15) is -1.13 Å². The van der Waals surface area contributed by atoms with E-state index in [2.05, 4.69) is 195 Å². The Morgan fingerprint density at radius 3 is 0.525 bits per heavy atom. The predicted molar refractivity (Wildman–Crippen MR) is 385 cm³/mol. The molecule has 30 heteroatoms. The Hall–Kier alpha value is 12.9. The Morgan fingerprint density at radius 1 is 0.388 bits per heavy atom. The van der Waals surface area contributed by atoms with Gasteiger partial charge in [-0.2, -0.15) is 19.8 Å². The van der Waals surface area contributed by atoms with Crippen molar-refractivity contribution in [3.05, 3.63) is 49.6 Å². The second kappa shape index (κ2) is 170. The van der Waals surface area contributed by atoms with Crippen LogP contribution < -0.4 is 0 Å². The average molecular weight is 3950 g/mol. The van der Waals surface area contributed by atoms with Gasteiger partial charge in [-0.3, -0.25) is 18.8 Å². The minimum Gasteiger partial charge on any atom is -0.393 e. The summed E-state index contributed by atoms with van der Waals surface area (Å²) in [5, 5.41) is 17.8. The zero-order valence-electron chi connectivity index (χ0n) is 51.5. The number of allylic oxidation sites excluding steroid dienone is 4. The zero-order valence-corrected chi connectivity index (χ0v) is 105. The minimum absolute atomic E-state index is 0. The van der Waals surface area contributed by atoms with Crippen LogP contribution in [0.3, 0.4) is 0 Å². The maximum atomic E-state index is 8.91. The van der Waals surface area contributed by atoms with Crippen LogP contribution in [0.2, 0.25) is 0 Å². The fourth-order valence-corrected chi connectivity index (χ4v) is 5.11. The normalized spacial score (nSPS) is 11.9. The van der Waals surface area contributed by atoms with Crippen LogP contribution in [0.4, 0.5) is 18.8 Å². The van der Waals surface area contributed by atoms with Crippen LogP contribution in [-0.2, 0) is 262 Å². The van der Waals surface area contributed by atoms with Gasteiger partial charge < -0.3 is 19.3 Å². The smallest absolute Gasteiger partial charge is 0.121 e. The molecule has 4 unspecified atom stereocenters. The van der Waals surface area contributed by atoms with Crippen molar-refractivity contribution in [2.45, 2.75) is 262 Å². The molecular weight excluding hydrogens is 3830 g/mol. The Bertz CT molecular complexity index is 770. The zero-order chi connectivity index (χ0) is 51.4. The molecule has 4 rings (SSSR count). The third-order valence-electron chi connectivity index (χ3n) is 6.64. The summed E-state index contributed by atoms with van der Waals surface area (Å²) in [4.78, 5) is 0. The molecule has 4 saturated carbocycles. The van der Waals surface area contributed by atoms with Gasteiger partial charge in [-0.1, -0.05) is 291 Å².